The minimum atomic E-state index is -0.167. The molecule has 1 fully saturated rings. The van der Waals surface area contributed by atoms with E-state index >= 15 is 0 Å². The largest absolute Gasteiger partial charge is 0.409 e. The third kappa shape index (κ3) is 4.76. The Labute approximate surface area is 151 Å². The maximum atomic E-state index is 12.2. The van der Waals surface area contributed by atoms with Gasteiger partial charge in [0.05, 0.1) is 6.10 Å². The fraction of sp³-hybridized carbons (Fsp3) is 0.500. The molecule has 1 saturated carbocycles. The van der Waals surface area contributed by atoms with Gasteiger partial charge in [0, 0.05) is 17.7 Å². The number of aliphatic hydroxyl groups is 1. The third-order valence-electron chi connectivity index (χ3n) is 4.74. The minimum absolute atomic E-state index is 0.0985. The van der Waals surface area contributed by atoms with Gasteiger partial charge >= 0.3 is 0 Å². The number of hydrogen-bond acceptors (Lipinski definition) is 5. The molecule has 2 aromatic rings. The number of carbonyl (C=O) groups is 1. The molecular weight excluding hydrogens is 338 g/mol. The Bertz CT molecular complexity index is 753. The number of nitrogens with zero attached hydrogens (tertiary/aromatic N) is 1. The number of H-pyrrole nitrogens is 1. The number of rotatable bonds is 6. The summed E-state index contributed by atoms with van der Waals surface area (Å²) in [5, 5.41) is 19.4. The van der Waals surface area contributed by atoms with Gasteiger partial charge in [0.1, 0.15) is 0 Å². The zero-order valence-electron chi connectivity index (χ0n) is 14.0. The van der Waals surface area contributed by atoms with Gasteiger partial charge in [-0.3, -0.25) is 4.79 Å². The number of aromatic amines is 1. The monoisotopic (exact) mass is 361 g/mol. The van der Waals surface area contributed by atoms with Gasteiger partial charge in [-0.2, -0.15) is 0 Å². The van der Waals surface area contributed by atoms with E-state index in [-0.39, 0.29) is 16.8 Å². The van der Waals surface area contributed by atoms with Crippen LogP contribution in [-0.2, 0) is 0 Å². The first-order valence-corrected chi connectivity index (χ1v) is 9.16. The Hall–Kier alpha value is -1.99. The molecule has 0 aliphatic heterocycles. The normalized spacial score (nSPS) is 20.4. The SMILES string of the molecule is O=C(NCCC[C@@H]1CCCC[C@H]1O)c1ccc(-c2n[nH]c(=S)o2)cc1. The smallest absolute Gasteiger partial charge is 0.284 e. The van der Waals surface area contributed by atoms with Crippen LogP contribution in [0.4, 0.5) is 0 Å². The predicted molar refractivity (Wildman–Crippen MR) is 96.7 cm³/mol. The molecule has 134 valence electrons. The molecule has 1 aromatic heterocycles. The van der Waals surface area contributed by atoms with E-state index in [0.29, 0.717) is 23.9 Å². The van der Waals surface area contributed by atoms with Crippen LogP contribution in [0.3, 0.4) is 0 Å². The first-order valence-electron chi connectivity index (χ1n) is 8.75. The maximum absolute atomic E-state index is 12.2. The summed E-state index contributed by atoms with van der Waals surface area (Å²) in [4.78, 5) is 12.4. The Morgan fingerprint density at radius 1 is 1.32 bits per heavy atom. The molecule has 7 heteroatoms. The molecule has 0 unspecified atom stereocenters. The van der Waals surface area contributed by atoms with Gasteiger partial charge in [-0.25, -0.2) is 5.10 Å². The van der Waals surface area contributed by atoms with Crippen LogP contribution < -0.4 is 5.32 Å². The second-order valence-electron chi connectivity index (χ2n) is 6.51. The molecule has 25 heavy (non-hydrogen) atoms. The van der Waals surface area contributed by atoms with Gasteiger partial charge in [-0.1, -0.05) is 12.8 Å². The summed E-state index contributed by atoms with van der Waals surface area (Å²) in [5.41, 5.74) is 1.35. The number of benzene rings is 1. The average Bonchev–Trinajstić information content (AvgIpc) is 3.06. The standard InChI is InChI=1S/C18H23N3O3S/c22-15-6-2-1-4-12(15)5-3-11-19-16(23)13-7-9-14(10-8-13)17-20-21-18(25)24-17/h7-10,12,15,22H,1-6,11H2,(H,19,23)(H,21,25)/t12-,15+/m0/s1. The fourth-order valence-electron chi connectivity index (χ4n) is 3.31. The first-order chi connectivity index (χ1) is 12.1. The summed E-state index contributed by atoms with van der Waals surface area (Å²) in [6.45, 7) is 0.623. The predicted octanol–water partition coefficient (Wildman–Crippen LogP) is 3.46. The lowest BCUT2D eigenvalue weighted by molar-refractivity contribution is 0.0641. The molecule has 2 atom stereocenters. The van der Waals surface area contributed by atoms with Crippen LogP contribution in [0.5, 0.6) is 0 Å². The van der Waals surface area contributed by atoms with E-state index in [2.05, 4.69) is 15.5 Å². The Morgan fingerprint density at radius 3 is 2.76 bits per heavy atom. The second-order valence-corrected chi connectivity index (χ2v) is 6.88. The Morgan fingerprint density at radius 2 is 2.08 bits per heavy atom. The lowest BCUT2D eigenvalue weighted by Gasteiger charge is -2.27. The van der Waals surface area contributed by atoms with E-state index in [4.69, 9.17) is 16.6 Å². The number of aliphatic hydroxyl groups excluding tert-OH is 1. The van der Waals surface area contributed by atoms with E-state index in [1.165, 1.54) is 6.42 Å². The van der Waals surface area contributed by atoms with Gasteiger partial charge < -0.3 is 14.8 Å². The van der Waals surface area contributed by atoms with E-state index in [0.717, 1.165) is 37.7 Å². The summed E-state index contributed by atoms with van der Waals surface area (Å²) in [7, 11) is 0. The Balaban J connectivity index is 1.46. The zero-order valence-corrected chi connectivity index (χ0v) is 14.8. The Kier molecular flexibility index (Phi) is 5.99. The summed E-state index contributed by atoms with van der Waals surface area (Å²) < 4.78 is 5.24. The molecule has 1 aliphatic rings. The van der Waals surface area contributed by atoms with Crippen molar-refractivity contribution in [3.63, 3.8) is 0 Å². The highest BCUT2D eigenvalue weighted by Crippen LogP contribution is 2.27. The van der Waals surface area contributed by atoms with Crippen molar-refractivity contribution in [2.24, 2.45) is 5.92 Å². The van der Waals surface area contributed by atoms with Gasteiger partial charge in [-0.05, 0) is 68.1 Å². The summed E-state index contributed by atoms with van der Waals surface area (Å²) in [5.74, 6) is 0.693. The highest BCUT2D eigenvalue weighted by molar-refractivity contribution is 7.71. The molecule has 0 bridgehead atoms. The average molecular weight is 361 g/mol. The quantitative estimate of drug-likeness (QED) is 0.541. The van der Waals surface area contributed by atoms with E-state index < -0.39 is 0 Å². The van der Waals surface area contributed by atoms with E-state index in [1.807, 2.05) is 0 Å². The molecule has 1 aromatic carbocycles. The van der Waals surface area contributed by atoms with Crippen LogP contribution in [0, 0.1) is 10.8 Å². The van der Waals surface area contributed by atoms with Crippen molar-refractivity contribution in [3.8, 4) is 11.5 Å². The number of amides is 1. The molecule has 1 aliphatic carbocycles. The fourth-order valence-corrected chi connectivity index (χ4v) is 3.44. The highest BCUT2D eigenvalue weighted by Gasteiger charge is 2.22. The van der Waals surface area contributed by atoms with Crippen LogP contribution in [0.15, 0.2) is 28.7 Å². The van der Waals surface area contributed by atoms with Crippen molar-refractivity contribution in [1.29, 1.82) is 0 Å². The lowest BCUT2D eigenvalue weighted by Crippen LogP contribution is -2.27. The third-order valence-corrected chi connectivity index (χ3v) is 4.91. The number of carbonyl (C=O) groups excluding carboxylic acids is 1. The number of aromatic nitrogens is 2. The summed E-state index contributed by atoms with van der Waals surface area (Å²) in [6.07, 6.45) is 6.03. The van der Waals surface area contributed by atoms with Gasteiger partial charge in [0.2, 0.25) is 5.89 Å². The van der Waals surface area contributed by atoms with Crippen LogP contribution in [0.1, 0.15) is 48.9 Å². The van der Waals surface area contributed by atoms with Crippen LogP contribution in [0.25, 0.3) is 11.5 Å². The van der Waals surface area contributed by atoms with Gasteiger partial charge in [0.25, 0.3) is 10.7 Å². The number of hydrogen-bond donors (Lipinski definition) is 3. The first kappa shape index (κ1) is 17.8. The van der Waals surface area contributed by atoms with Crippen molar-refractivity contribution in [2.75, 3.05) is 6.54 Å². The van der Waals surface area contributed by atoms with Crippen LogP contribution in [-0.4, -0.2) is 33.9 Å². The summed E-state index contributed by atoms with van der Waals surface area (Å²) in [6, 6.07) is 7.04. The molecule has 0 spiro atoms. The second kappa shape index (κ2) is 8.40. The molecule has 0 radical (unpaired) electrons. The maximum Gasteiger partial charge on any atom is 0.284 e. The van der Waals surface area contributed by atoms with E-state index in [9.17, 15) is 9.90 Å². The molecule has 3 rings (SSSR count). The topological polar surface area (TPSA) is 91.1 Å². The van der Waals surface area contributed by atoms with Gasteiger partial charge in [-0.15, -0.1) is 5.10 Å². The zero-order chi connectivity index (χ0) is 17.6. The van der Waals surface area contributed by atoms with Crippen molar-refractivity contribution < 1.29 is 14.3 Å². The van der Waals surface area contributed by atoms with Crippen LogP contribution >= 0.6 is 12.2 Å². The van der Waals surface area contributed by atoms with Crippen LogP contribution in [0.2, 0.25) is 0 Å². The highest BCUT2D eigenvalue weighted by atomic mass is 32.1. The van der Waals surface area contributed by atoms with Crippen molar-refractivity contribution >= 4 is 18.1 Å². The summed E-state index contributed by atoms with van der Waals surface area (Å²) >= 11 is 4.85. The van der Waals surface area contributed by atoms with Crippen molar-refractivity contribution in [3.05, 3.63) is 34.7 Å². The minimum Gasteiger partial charge on any atom is -0.409 e. The molecule has 6 nitrogen and oxygen atoms in total. The molecule has 3 N–H and O–H groups in total. The number of nitrogens with one attached hydrogen (secondary N) is 2. The lowest BCUT2D eigenvalue weighted by atomic mass is 9.83. The molecule has 1 heterocycles. The van der Waals surface area contributed by atoms with E-state index in [1.54, 1.807) is 24.3 Å². The molecule has 1 amide bonds. The molecular formula is C18H23N3O3S. The van der Waals surface area contributed by atoms with Crippen molar-refractivity contribution in [1.82, 2.24) is 15.5 Å². The van der Waals surface area contributed by atoms with Crippen molar-refractivity contribution in [2.45, 2.75) is 44.6 Å². The van der Waals surface area contributed by atoms with Gasteiger partial charge in [0.15, 0.2) is 0 Å². The molecule has 0 saturated heterocycles.